The average Bonchev–Trinajstić information content (AvgIpc) is 3.49. The molecule has 27 heavy (non-hydrogen) atoms. The van der Waals surface area contributed by atoms with Gasteiger partial charge in [0.15, 0.2) is 0 Å². The molecule has 0 aromatic heterocycles. The Morgan fingerprint density at radius 1 is 1.15 bits per heavy atom. The van der Waals surface area contributed by atoms with Crippen LogP contribution in [-0.4, -0.2) is 26.5 Å². The molecule has 0 bridgehead atoms. The first kappa shape index (κ1) is 18.9. The molecule has 6 nitrogen and oxygen atoms in total. The number of nitrogens with zero attached hydrogens (tertiary/aromatic N) is 2. The number of hydroxylamine groups is 1. The predicted octanol–water partition coefficient (Wildman–Crippen LogP) is 4.52. The summed E-state index contributed by atoms with van der Waals surface area (Å²) in [6.07, 6.45) is 3.31. The lowest BCUT2D eigenvalue weighted by molar-refractivity contribution is 0.111. The highest BCUT2D eigenvalue weighted by Gasteiger charge is 2.37. The van der Waals surface area contributed by atoms with Gasteiger partial charge in [-0.15, -0.1) is 0 Å². The van der Waals surface area contributed by atoms with Crippen LogP contribution in [0.4, 0.5) is 10.5 Å². The van der Waals surface area contributed by atoms with Gasteiger partial charge in [0.1, 0.15) is 6.61 Å². The third-order valence-corrected chi connectivity index (χ3v) is 4.66. The Morgan fingerprint density at radius 3 is 2.63 bits per heavy atom. The molecule has 2 aromatic carbocycles. The fourth-order valence-electron chi connectivity index (χ4n) is 3.14. The average molecular weight is 368 g/mol. The molecule has 3 rings (SSSR count). The number of anilines is 1. The number of rotatable bonds is 8. The first-order valence-electron chi connectivity index (χ1n) is 8.93. The van der Waals surface area contributed by atoms with Crippen molar-refractivity contribution in [2.75, 3.05) is 19.3 Å². The van der Waals surface area contributed by atoms with Gasteiger partial charge >= 0.3 is 6.09 Å². The summed E-state index contributed by atoms with van der Waals surface area (Å²) < 4.78 is 4.73. The van der Waals surface area contributed by atoms with Gasteiger partial charge in [-0.2, -0.15) is 5.06 Å². The van der Waals surface area contributed by atoms with Crippen LogP contribution >= 0.6 is 0 Å². The molecule has 2 atom stereocenters. The van der Waals surface area contributed by atoms with Crippen molar-refractivity contribution in [3.8, 4) is 0 Å². The summed E-state index contributed by atoms with van der Waals surface area (Å²) in [7, 11) is 2.71. The first-order chi connectivity index (χ1) is 13.2. The Morgan fingerprint density at radius 2 is 1.89 bits per heavy atom. The Labute approximate surface area is 159 Å². The molecular weight excluding hydrogens is 344 g/mol. The molecule has 0 heterocycles. The highest BCUT2D eigenvalue weighted by Crippen LogP contribution is 2.48. The van der Waals surface area contributed by atoms with E-state index in [2.05, 4.69) is 29.4 Å². The lowest BCUT2D eigenvalue weighted by Gasteiger charge is -2.20. The van der Waals surface area contributed by atoms with Crippen molar-refractivity contribution < 1.29 is 19.2 Å². The number of amides is 1. The molecule has 6 heteroatoms. The Hall–Kier alpha value is -2.86. The number of methoxy groups -OCH3 is 1. The van der Waals surface area contributed by atoms with Crippen LogP contribution in [-0.2, 0) is 21.0 Å². The number of hydrogen-bond acceptors (Lipinski definition) is 5. The van der Waals surface area contributed by atoms with Crippen LogP contribution in [0, 0.1) is 5.92 Å². The summed E-state index contributed by atoms with van der Waals surface area (Å²) in [6.45, 7) is 0.232. The van der Waals surface area contributed by atoms with Crippen molar-refractivity contribution in [2.45, 2.75) is 25.4 Å². The predicted molar refractivity (Wildman–Crippen MR) is 104 cm³/mol. The number of para-hydroxylation sites is 1. The minimum atomic E-state index is -0.603. The summed E-state index contributed by atoms with van der Waals surface area (Å²) in [6, 6.07) is 17.9. The molecule has 1 amide bonds. The van der Waals surface area contributed by atoms with Crippen LogP contribution in [0.25, 0.3) is 0 Å². The van der Waals surface area contributed by atoms with Crippen LogP contribution in [0.2, 0.25) is 0 Å². The number of hydrogen-bond donors (Lipinski definition) is 0. The van der Waals surface area contributed by atoms with Gasteiger partial charge in [0.2, 0.25) is 0 Å². The highest BCUT2D eigenvalue weighted by atomic mass is 16.7. The zero-order valence-electron chi connectivity index (χ0n) is 15.6. The molecule has 0 spiro atoms. The van der Waals surface area contributed by atoms with E-state index < -0.39 is 6.09 Å². The van der Waals surface area contributed by atoms with E-state index in [9.17, 15) is 4.79 Å². The molecule has 1 fully saturated rings. The zero-order chi connectivity index (χ0) is 19.1. The maximum Gasteiger partial charge on any atom is 0.438 e. The fourth-order valence-corrected chi connectivity index (χ4v) is 3.14. The van der Waals surface area contributed by atoms with Gasteiger partial charge in [0.05, 0.1) is 19.9 Å². The molecule has 0 N–H and O–H groups in total. The summed E-state index contributed by atoms with van der Waals surface area (Å²) in [4.78, 5) is 22.3. The fraction of sp³-hybridized carbons (Fsp3) is 0.333. The maximum atomic E-state index is 11.8. The van der Waals surface area contributed by atoms with Crippen LogP contribution in [0.1, 0.15) is 29.9 Å². The minimum absolute atomic E-state index is 0.232. The number of carbonyl (C=O) groups excluding carboxylic acids is 1. The van der Waals surface area contributed by atoms with Gasteiger partial charge in [-0.1, -0.05) is 53.7 Å². The molecule has 1 aliphatic carbocycles. The monoisotopic (exact) mass is 368 g/mol. The second kappa shape index (κ2) is 9.19. The largest absolute Gasteiger partial charge is 0.451 e. The molecule has 0 saturated heterocycles. The molecule has 0 unspecified atom stereocenters. The van der Waals surface area contributed by atoms with E-state index in [-0.39, 0.29) is 6.61 Å². The lowest BCUT2D eigenvalue weighted by Crippen LogP contribution is -2.30. The third kappa shape index (κ3) is 4.86. The normalized spacial score (nSPS) is 18.3. The van der Waals surface area contributed by atoms with Gasteiger partial charge in [-0.3, -0.25) is 4.84 Å². The highest BCUT2D eigenvalue weighted by molar-refractivity contribution is 5.86. The zero-order valence-corrected chi connectivity index (χ0v) is 15.6. The smallest absolute Gasteiger partial charge is 0.438 e. The summed E-state index contributed by atoms with van der Waals surface area (Å²) in [5.74, 6) is 1.27. The van der Waals surface area contributed by atoms with E-state index >= 15 is 0 Å². The Bertz CT molecular complexity index is 779. The van der Waals surface area contributed by atoms with Gasteiger partial charge in [0, 0.05) is 11.8 Å². The standard InChI is InChI=1S/C21H24N2O4/c1-25-21(24)23(26-2)20-11-7-6-10-18(20)15-27-22-13-12-17-14-19(17)16-8-4-3-5-9-16/h3-11,13,17,19H,12,14-15H2,1-2H3/b22-13+/t17-,19+/m1/s1. The lowest BCUT2D eigenvalue weighted by atomic mass is 10.1. The van der Waals surface area contributed by atoms with E-state index in [1.165, 1.54) is 26.2 Å². The van der Waals surface area contributed by atoms with E-state index in [1.54, 1.807) is 6.07 Å². The molecule has 1 aliphatic rings. The Kier molecular flexibility index (Phi) is 6.44. The quantitative estimate of drug-likeness (QED) is 0.508. The summed E-state index contributed by atoms with van der Waals surface area (Å²) in [5.41, 5.74) is 2.73. The van der Waals surface area contributed by atoms with Crippen molar-refractivity contribution in [2.24, 2.45) is 11.1 Å². The maximum absolute atomic E-state index is 11.8. The minimum Gasteiger partial charge on any atom is -0.451 e. The van der Waals surface area contributed by atoms with Crippen molar-refractivity contribution >= 4 is 18.0 Å². The van der Waals surface area contributed by atoms with Crippen molar-refractivity contribution in [1.82, 2.24) is 0 Å². The van der Waals surface area contributed by atoms with Crippen LogP contribution in [0.3, 0.4) is 0 Å². The van der Waals surface area contributed by atoms with Gasteiger partial charge < -0.3 is 9.57 Å². The molecule has 0 aliphatic heterocycles. The molecule has 2 aromatic rings. The van der Waals surface area contributed by atoms with Gasteiger partial charge in [-0.05, 0) is 36.3 Å². The van der Waals surface area contributed by atoms with Gasteiger partial charge in [-0.25, -0.2) is 4.79 Å². The molecular formula is C21H24N2O4. The number of carbonyl (C=O) groups is 1. The second-order valence-electron chi connectivity index (χ2n) is 6.39. The second-order valence-corrected chi connectivity index (χ2v) is 6.39. The SMILES string of the molecule is COC(=O)N(OC)c1ccccc1CO/N=C/C[C@@H]1C[C@H]1c1ccccc1. The van der Waals surface area contributed by atoms with Crippen molar-refractivity contribution in [1.29, 1.82) is 0 Å². The number of ether oxygens (including phenoxy) is 1. The van der Waals surface area contributed by atoms with E-state index in [0.29, 0.717) is 17.5 Å². The first-order valence-corrected chi connectivity index (χ1v) is 8.93. The number of benzene rings is 2. The molecule has 142 valence electrons. The summed E-state index contributed by atoms with van der Waals surface area (Å²) in [5, 5.41) is 5.15. The Balaban J connectivity index is 1.50. The van der Waals surface area contributed by atoms with Crippen LogP contribution in [0.15, 0.2) is 59.8 Å². The van der Waals surface area contributed by atoms with Crippen molar-refractivity contribution in [3.05, 3.63) is 65.7 Å². The third-order valence-electron chi connectivity index (χ3n) is 4.66. The van der Waals surface area contributed by atoms with E-state index in [4.69, 9.17) is 14.4 Å². The van der Waals surface area contributed by atoms with Gasteiger partial charge in [0.25, 0.3) is 0 Å². The summed E-state index contributed by atoms with van der Waals surface area (Å²) >= 11 is 0. The van der Waals surface area contributed by atoms with Crippen molar-refractivity contribution in [3.63, 3.8) is 0 Å². The van der Waals surface area contributed by atoms with E-state index in [0.717, 1.165) is 17.0 Å². The topological polar surface area (TPSA) is 60.4 Å². The number of oxime groups is 1. The van der Waals surface area contributed by atoms with Crippen LogP contribution in [0.5, 0.6) is 0 Å². The van der Waals surface area contributed by atoms with E-state index in [1.807, 2.05) is 30.5 Å². The molecule has 1 saturated carbocycles. The molecule has 0 radical (unpaired) electrons. The van der Waals surface area contributed by atoms with Crippen LogP contribution < -0.4 is 5.06 Å².